The zero-order valence-corrected chi connectivity index (χ0v) is 15.9. The lowest BCUT2D eigenvalue weighted by Gasteiger charge is -2.28. The summed E-state index contributed by atoms with van der Waals surface area (Å²) in [6.07, 6.45) is 0.913. The first-order valence-electron chi connectivity index (χ1n) is 7.86. The van der Waals surface area contributed by atoms with E-state index >= 15 is 0 Å². The van der Waals surface area contributed by atoms with Gasteiger partial charge >= 0.3 is 0 Å². The van der Waals surface area contributed by atoms with Crippen molar-refractivity contribution >= 4 is 38.5 Å². The van der Waals surface area contributed by atoms with E-state index < -0.39 is 27.3 Å². The molecule has 1 saturated heterocycles. The number of hydrogen-bond acceptors (Lipinski definition) is 3. The van der Waals surface area contributed by atoms with Gasteiger partial charge in [0, 0.05) is 5.02 Å². The van der Waals surface area contributed by atoms with E-state index in [2.05, 4.69) is 0 Å². The molecule has 1 fully saturated rings. The van der Waals surface area contributed by atoms with Gasteiger partial charge in [0.05, 0.1) is 17.0 Å². The van der Waals surface area contributed by atoms with Crippen molar-refractivity contribution in [3.8, 4) is 0 Å². The Kier molecular flexibility index (Phi) is 5.21. The maximum absolute atomic E-state index is 13.2. The first kappa shape index (κ1) is 18.4. The van der Waals surface area contributed by atoms with Gasteiger partial charge < -0.3 is 0 Å². The molecule has 0 amide bonds. The van der Waals surface area contributed by atoms with Crippen molar-refractivity contribution in [2.75, 3.05) is 0 Å². The Morgan fingerprint density at radius 3 is 2.20 bits per heavy atom. The molecule has 25 heavy (non-hydrogen) atoms. The smallest absolute Gasteiger partial charge is 0.244 e. The van der Waals surface area contributed by atoms with Gasteiger partial charge in [-0.25, -0.2) is 8.42 Å². The number of aryl methyl sites for hydroxylation is 1. The van der Waals surface area contributed by atoms with Crippen LogP contribution in [0, 0.1) is 6.92 Å². The molecular formula is C18H17Cl2NO3S. The molecule has 1 aliphatic heterocycles. The van der Waals surface area contributed by atoms with Gasteiger partial charge in [0.2, 0.25) is 15.3 Å². The van der Waals surface area contributed by atoms with Gasteiger partial charge in [-0.05, 0) is 61.2 Å². The molecule has 0 aliphatic carbocycles. The normalized spacial score (nSPS) is 21.4. The van der Waals surface area contributed by atoms with Crippen LogP contribution < -0.4 is 0 Å². The predicted molar refractivity (Wildman–Crippen MR) is 98.3 cm³/mol. The van der Waals surface area contributed by atoms with E-state index in [0.29, 0.717) is 17.9 Å². The molecule has 2 atom stereocenters. The highest BCUT2D eigenvalue weighted by atomic mass is 35.5. The third-order valence-corrected chi connectivity index (χ3v) is 6.88. The van der Waals surface area contributed by atoms with Crippen LogP contribution in [0.15, 0.2) is 53.4 Å². The Hall–Kier alpha value is -1.40. The lowest BCUT2D eigenvalue weighted by molar-refractivity contribution is -0.114. The minimum Gasteiger partial charge on any atom is -0.279 e. The number of nitrogens with zero attached hydrogens (tertiary/aromatic N) is 1. The van der Waals surface area contributed by atoms with Crippen molar-refractivity contribution in [3.63, 3.8) is 0 Å². The minimum absolute atomic E-state index is 0.155. The molecule has 2 aromatic carbocycles. The third kappa shape index (κ3) is 3.60. The highest BCUT2D eigenvalue weighted by Crippen LogP contribution is 2.41. The summed E-state index contributed by atoms with van der Waals surface area (Å²) >= 11 is 11.6. The number of halogens is 2. The van der Waals surface area contributed by atoms with Gasteiger partial charge in [-0.1, -0.05) is 41.4 Å². The lowest BCUT2D eigenvalue weighted by Crippen LogP contribution is -2.40. The van der Waals surface area contributed by atoms with Crippen LogP contribution in [0.1, 0.15) is 30.0 Å². The average molecular weight is 398 g/mol. The van der Waals surface area contributed by atoms with E-state index in [1.54, 1.807) is 48.5 Å². The molecule has 3 rings (SSSR count). The first-order chi connectivity index (χ1) is 11.8. The number of carbonyl (C=O) groups is 1. The monoisotopic (exact) mass is 397 g/mol. The Bertz CT molecular complexity index is 880. The predicted octanol–water partition coefficient (Wildman–Crippen LogP) is 4.31. The number of benzene rings is 2. The molecule has 4 nitrogen and oxygen atoms in total. The topological polar surface area (TPSA) is 54.5 Å². The van der Waals surface area contributed by atoms with Gasteiger partial charge in [0.25, 0.3) is 0 Å². The van der Waals surface area contributed by atoms with Crippen molar-refractivity contribution in [2.24, 2.45) is 0 Å². The highest BCUT2D eigenvalue weighted by Gasteiger charge is 2.45. The van der Waals surface area contributed by atoms with E-state index in [9.17, 15) is 13.2 Å². The molecule has 0 saturated carbocycles. The quantitative estimate of drug-likeness (QED) is 0.722. The zero-order chi connectivity index (χ0) is 18.2. The summed E-state index contributed by atoms with van der Waals surface area (Å²) in [6.45, 7) is 1.88. The van der Waals surface area contributed by atoms with Gasteiger partial charge in [-0.15, -0.1) is 0 Å². The molecule has 0 aromatic heterocycles. The molecule has 0 spiro atoms. The molecular weight excluding hydrogens is 381 g/mol. The Morgan fingerprint density at radius 1 is 1.04 bits per heavy atom. The number of hydrogen-bond donors (Lipinski definition) is 0. The fraction of sp³-hybridized carbons (Fsp3) is 0.278. The Labute approximate surface area is 157 Å². The van der Waals surface area contributed by atoms with Crippen molar-refractivity contribution in [3.05, 3.63) is 64.7 Å². The van der Waals surface area contributed by atoms with Crippen molar-refractivity contribution < 1.29 is 13.2 Å². The van der Waals surface area contributed by atoms with Crippen LogP contribution in [0.25, 0.3) is 0 Å². The summed E-state index contributed by atoms with van der Waals surface area (Å²) in [4.78, 5) is 12.0. The van der Waals surface area contributed by atoms with Gasteiger partial charge in [0.1, 0.15) is 0 Å². The summed E-state index contributed by atoms with van der Waals surface area (Å²) < 4.78 is 27.6. The van der Waals surface area contributed by atoms with Gasteiger partial charge in [-0.3, -0.25) is 4.79 Å². The molecule has 0 N–H and O–H groups in total. The van der Waals surface area contributed by atoms with Crippen LogP contribution in [0.2, 0.25) is 5.02 Å². The van der Waals surface area contributed by atoms with Gasteiger partial charge in [0.15, 0.2) is 0 Å². The van der Waals surface area contributed by atoms with E-state index in [0.717, 1.165) is 11.1 Å². The second-order valence-corrected chi connectivity index (χ2v) is 8.76. The second kappa shape index (κ2) is 7.08. The summed E-state index contributed by atoms with van der Waals surface area (Å²) in [6, 6.07) is 12.2. The van der Waals surface area contributed by atoms with Gasteiger partial charge in [-0.2, -0.15) is 4.31 Å². The van der Waals surface area contributed by atoms with Crippen LogP contribution in [0.4, 0.5) is 0 Å². The van der Waals surface area contributed by atoms with Crippen molar-refractivity contribution in [1.82, 2.24) is 4.31 Å². The molecule has 0 radical (unpaired) electrons. The van der Waals surface area contributed by atoms with Crippen LogP contribution >= 0.6 is 23.2 Å². The van der Waals surface area contributed by atoms with E-state index in [-0.39, 0.29) is 4.90 Å². The molecule has 2 unspecified atom stereocenters. The molecule has 2 aromatic rings. The summed E-state index contributed by atoms with van der Waals surface area (Å²) in [7, 11) is -3.86. The highest BCUT2D eigenvalue weighted by molar-refractivity contribution is 7.89. The van der Waals surface area contributed by atoms with Crippen LogP contribution in [-0.2, 0) is 14.8 Å². The Morgan fingerprint density at radius 2 is 1.64 bits per heavy atom. The maximum Gasteiger partial charge on any atom is 0.244 e. The van der Waals surface area contributed by atoms with Crippen LogP contribution in [0.3, 0.4) is 0 Å². The largest absolute Gasteiger partial charge is 0.279 e. The van der Waals surface area contributed by atoms with Crippen molar-refractivity contribution in [2.45, 2.75) is 36.7 Å². The molecule has 0 bridgehead atoms. The molecule has 1 aliphatic rings. The minimum atomic E-state index is -3.86. The van der Waals surface area contributed by atoms with Crippen LogP contribution in [-0.4, -0.2) is 24.0 Å². The van der Waals surface area contributed by atoms with Crippen LogP contribution in [0.5, 0.6) is 0 Å². The maximum atomic E-state index is 13.2. The van der Waals surface area contributed by atoms with E-state index in [1.807, 2.05) is 6.92 Å². The second-order valence-electron chi connectivity index (χ2n) is 6.11. The fourth-order valence-electron chi connectivity index (χ4n) is 3.17. The fourth-order valence-corrected chi connectivity index (χ4v) is 5.39. The number of carbonyl (C=O) groups excluding carboxylic acids is 1. The molecule has 1 heterocycles. The zero-order valence-electron chi connectivity index (χ0n) is 13.5. The summed E-state index contributed by atoms with van der Waals surface area (Å²) in [5, 5.41) is -0.0909. The third-order valence-electron chi connectivity index (χ3n) is 4.44. The SMILES string of the molecule is Cc1ccc(S(=O)(=O)N2C(C(=O)Cl)CCC2c2ccc(Cl)cc2)cc1. The number of rotatable bonds is 4. The average Bonchev–Trinajstić information content (AvgIpc) is 3.02. The standard InChI is InChI=1S/C18H17Cl2NO3S/c1-12-2-8-15(9-3-12)25(23,24)21-16(10-11-17(21)18(20)22)13-4-6-14(19)7-5-13/h2-9,16-17H,10-11H2,1H3. The van der Waals surface area contributed by atoms with E-state index in [4.69, 9.17) is 23.2 Å². The van der Waals surface area contributed by atoms with Crippen molar-refractivity contribution in [1.29, 1.82) is 0 Å². The first-order valence-corrected chi connectivity index (χ1v) is 10.1. The number of sulfonamides is 1. The molecule has 7 heteroatoms. The summed E-state index contributed by atoms with van der Waals surface area (Å²) in [5.41, 5.74) is 1.75. The molecule has 132 valence electrons. The van der Waals surface area contributed by atoms with E-state index in [1.165, 1.54) is 4.31 Å². The summed E-state index contributed by atoms with van der Waals surface area (Å²) in [5.74, 6) is 0. The Balaban J connectivity index is 2.07. The lowest BCUT2D eigenvalue weighted by atomic mass is 10.1.